The zero-order valence-corrected chi connectivity index (χ0v) is 83.4. The van der Waals surface area contributed by atoms with E-state index in [9.17, 15) is 18.0 Å². The number of carboxylic acids is 1. The maximum atomic E-state index is 11.7. The van der Waals surface area contributed by atoms with Gasteiger partial charge in [0.05, 0.1) is 17.0 Å². The second-order valence-corrected chi connectivity index (χ2v) is 19.8. The molecule has 0 aliphatic carbocycles. The SMILES string of the molecule is CC.CC.CC.CC.CC.CC.COc1nc(-c2ncccn2)nn1[C-](C)C.C[C-](C)N(N)C(N)=S.C[C-](C)N(NC(=O)c1ncccn1)C(N)=S.C[C-](C)n1[nH]c(-c2ncccn2)nc1=S.C[C-](C)n1nc(-c2ncccn2)nc1S(C)(=O)=O.O=C(O)c1ncccn1.[CH3-].[CH3-].[CH3-].[CH3-].[CH3-].[W+2].[W+2].[W+2].[W+2].[W+2]. The summed E-state index contributed by atoms with van der Waals surface area (Å²) in [5.74, 6) is 6.18. The molecular formula is C64H111N25O6S4W5. The summed E-state index contributed by atoms with van der Waals surface area (Å²) in [5, 5.41) is 22.4. The van der Waals surface area contributed by atoms with Crippen LogP contribution in [0.1, 0.15) is 174 Å². The number of hydrogen-bond donors (Lipinski definition) is 6. The quantitative estimate of drug-likeness (QED) is 0.0286. The number of aromatic amines is 1. The topological polar surface area (TPSA) is 418 Å². The number of amides is 1. The maximum Gasteiger partial charge on any atom is 2.00 e. The van der Waals surface area contributed by atoms with E-state index >= 15 is 0 Å². The number of hydrazine groups is 2. The summed E-state index contributed by atoms with van der Waals surface area (Å²) in [6.07, 6.45) is 16.6. The summed E-state index contributed by atoms with van der Waals surface area (Å²) in [6, 6.07) is 13.1. The Morgan fingerprint density at radius 2 is 0.837 bits per heavy atom. The summed E-state index contributed by atoms with van der Waals surface area (Å²) in [6.45, 7) is 42.4. The number of rotatable bonds is 12. The summed E-state index contributed by atoms with van der Waals surface area (Å²) < 4.78 is 33.5. The molecule has 0 unspecified atom stereocenters. The van der Waals surface area contributed by atoms with Crippen molar-refractivity contribution in [1.82, 2.24) is 110 Å². The minimum absolute atomic E-state index is 0. The van der Waals surface area contributed by atoms with Crippen LogP contribution in [0.2, 0.25) is 0 Å². The first-order valence-electron chi connectivity index (χ1n) is 29.4. The fraction of sp³-hybridized carbons (Fsp3) is 0.375. The van der Waals surface area contributed by atoms with E-state index < -0.39 is 21.7 Å². The molecular weight excluding hydrogens is 2260 g/mol. The van der Waals surface area contributed by atoms with Crippen molar-refractivity contribution in [3.8, 4) is 41.0 Å². The summed E-state index contributed by atoms with van der Waals surface area (Å²) in [7, 11) is -1.90. The number of nitrogens with zero attached hydrogens (tertiary/aromatic N) is 20. The Balaban J connectivity index is -0.0000000752. The predicted octanol–water partition coefficient (Wildman–Crippen LogP) is 12.3. The molecule has 0 radical (unpaired) electrons. The Morgan fingerprint density at radius 3 is 1.08 bits per heavy atom. The van der Waals surface area contributed by atoms with Gasteiger partial charge in [0.15, 0.2) is 45.4 Å². The number of hydrogen-bond acceptors (Lipinski definition) is 24. The van der Waals surface area contributed by atoms with Gasteiger partial charge in [0.2, 0.25) is 17.5 Å². The molecule has 104 heavy (non-hydrogen) atoms. The Bertz CT molecular complexity index is 3450. The number of aromatic nitrogens is 19. The summed E-state index contributed by atoms with van der Waals surface area (Å²) in [4.78, 5) is 73.0. The molecule has 0 spiro atoms. The molecule has 40 heteroatoms. The van der Waals surface area contributed by atoms with Crippen molar-refractivity contribution in [2.75, 3.05) is 13.4 Å². The van der Waals surface area contributed by atoms with Crippen LogP contribution in [0.5, 0.6) is 6.01 Å². The number of aromatic carboxylic acids is 1. The van der Waals surface area contributed by atoms with E-state index in [1.807, 2.05) is 125 Å². The normalized spacial score (nSPS) is 8.41. The molecule has 9 N–H and O–H groups in total. The Labute approximate surface area is 709 Å². The van der Waals surface area contributed by atoms with Crippen molar-refractivity contribution >= 4 is 68.6 Å². The molecule has 0 fully saturated rings. The number of carbonyl (C=O) groups is 2. The van der Waals surface area contributed by atoms with Crippen molar-refractivity contribution in [1.29, 1.82) is 0 Å². The van der Waals surface area contributed by atoms with Gasteiger partial charge in [0.25, 0.3) is 0 Å². The number of thiocarbonyl (C=S) groups is 2. The van der Waals surface area contributed by atoms with Crippen LogP contribution in [-0.2, 0) is 115 Å². The fourth-order valence-corrected chi connectivity index (χ4v) is 6.82. The second-order valence-electron chi connectivity index (χ2n) is 16.7. The molecule has 0 bridgehead atoms. The first-order valence-corrected chi connectivity index (χ1v) is 32.5. The largest absolute Gasteiger partial charge is 2.00 e. The first-order chi connectivity index (χ1) is 44.7. The number of carboxylic acid groups (broad SMARTS) is 1. The third kappa shape index (κ3) is 51.4. The summed E-state index contributed by atoms with van der Waals surface area (Å²) >= 11 is 14.4. The number of carbonyl (C=O) groups excluding carboxylic acids is 1. The van der Waals surface area contributed by atoms with Crippen LogP contribution in [0.25, 0.3) is 34.9 Å². The van der Waals surface area contributed by atoms with E-state index in [1.165, 1.54) is 39.5 Å². The van der Waals surface area contributed by atoms with Crippen LogP contribution in [0.4, 0.5) is 0 Å². The van der Waals surface area contributed by atoms with E-state index in [0.717, 1.165) is 30.4 Å². The van der Waals surface area contributed by atoms with Crippen molar-refractivity contribution in [3.63, 3.8) is 0 Å². The smallest absolute Gasteiger partial charge is 0.551 e. The molecule has 0 aromatic carbocycles. The minimum atomic E-state index is -3.45. The van der Waals surface area contributed by atoms with E-state index in [0.29, 0.717) is 45.9 Å². The average Bonchev–Trinajstić information content (AvgIpc) is 1.66. The Kier molecular flexibility index (Phi) is 96.5. The summed E-state index contributed by atoms with van der Waals surface area (Å²) in [5.41, 5.74) is 13.1. The molecule has 8 heterocycles. The van der Waals surface area contributed by atoms with Gasteiger partial charge in [-0.3, -0.25) is 31.0 Å². The Hall–Kier alpha value is -5.88. The number of nitrogens with one attached hydrogen (secondary N) is 2. The van der Waals surface area contributed by atoms with Crippen molar-refractivity contribution in [2.45, 2.75) is 157 Å². The van der Waals surface area contributed by atoms with Gasteiger partial charge in [-0.15, -0.1) is 18.1 Å². The maximum absolute atomic E-state index is 11.7. The van der Waals surface area contributed by atoms with Crippen molar-refractivity contribution < 1.29 is 133 Å². The number of nitrogens with two attached hydrogens (primary N) is 3. The zero-order valence-electron chi connectivity index (χ0n) is 65.5. The van der Waals surface area contributed by atoms with Gasteiger partial charge in [-0.25, -0.2) is 75.1 Å². The molecule has 0 aliphatic heterocycles. The molecule has 0 atom stereocenters. The van der Waals surface area contributed by atoms with Gasteiger partial charge in [0.1, 0.15) is 9.84 Å². The molecule has 582 valence electrons. The standard InChI is InChI=1S/C10H12N5O2S.C10H12N5O.C9H12N5OS.C9H10N5S.C5H4N2O2.C4H10N3S.6C2H6.5CH3.5W/c1-7(2)15-10(18(3,16)17)13-9(14-15)8-11-5-4-6-12-8;1-7(2)15-10(16-3)13-9(14-15)8-11-5-4-6-12-8;1-6(2)14(9(10)16)13-8(15)7-11-4-3-5-12-7;1-6(2)14-9(15)12-8(13-14)7-10-4-3-5-11-7;8-5(9)4-6-2-1-3-7-4;1-3(2)7(6)4(5)8;6*1-2;;;;;;;;;;/h4-6H,1-3H3;4-6H,1-3H3;3-5H,1-2H3,(H2,10,16)(H,13,15);3-5H,1-2H3,(H,12,13,15);1-3H,(H,8,9);6H2,1-2H3,(H2,5,8);6*1-2H3;5*1H3;;;;;/q4*-1;;-1;;;;;;;5*-1;5*+2. The van der Waals surface area contributed by atoms with Gasteiger partial charge >= 0.3 is 117 Å². The van der Waals surface area contributed by atoms with Gasteiger partial charge < -0.3 is 87.6 Å². The number of ether oxygens (including phenoxy) is 1. The van der Waals surface area contributed by atoms with Crippen LogP contribution in [-0.4, -0.2) is 153 Å². The molecule has 0 saturated heterocycles. The minimum Gasteiger partial charge on any atom is -0.551 e. The van der Waals surface area contributed by atoms with Crippen LogP contribution < -0.4 is 27.5 Å². The molecule has 1 amide bonds. The van der Waals surface area contributed by atoms with Crippen LogP contribution >= 0.6 is 36.7 Å². The monoisotopic (exact) mass is 2370 g/mol. The number of H-pyrrole nitrogens is 1. The van der Waals surface area contributed by atoms with Crippen LogP contribution in [0.15, 0.2) is 97.5 Å². The van der Waals surface area contributed by atoms with Crippen molar-refractivity contribution in [3.05, 3.63) is 176 Å². The van der Waals surface area contributed by atoms with Gasteiger partial charge in [-0.05, 0) is 54.8 Å². The van der Waals surface area contributed by atoms with Gasteiger partial charge in [-0.2, -0.15) is 50.1 Å². The second kappa shape index (κ2) is 76.8. The first kappa shape index (κ1) is 131. The third-order valence-electron chi connectivity index (χ3n) is 9.02. The predicted molar refractivity (Wildman–Crippen MR) is 409 cm³/mol. The van der Waals surface area contributed by atoms with Gasteiger partial charge in [0, 0.05) is 68.2 Å². The van der Waals surface area contributed by atoms with E-state index in [4.69, 9.17) is 51.6 Å². The van der Waals surface area contributed by atoms with E-state index in [1.54, 1.807) is 112 Å². The molecule has 8 aromatic rings. The molecule has 0 saturated carbocycles. The van der Waals surface area contributed by atoms with Crippen LogP contribution in [0.3, 0.4) is 0 Å². The number of sulfone groups is 1. The average molecular weight is 2370 g/mol. The fourth-order valence-electron chi connectivity index (χ4n) is 5.30. The zero-order chi connectivity index (χ0) is 73.3. The molecule has 0 aliphatic rings. The Morgan fingerprint density at radius 1 is 0.510 bits per heavy atom. The third-order valence-corrected chi connectivity index (χ3v) is 10.6. The molecule has 31 nitrogen and oxygen atoms in total. The van der Waals surface area contributed by atoms with E-state index in [-0.39, 0.29) is 175 Å². The molecule has 8 aromatic heterocycles. The number of methoxy groups -OCH3 is 1. The molecule has 8 rings (SSSR count). The van der Waals surface area contributed by atoms with Gasteiger partial charge in [-0.1, -0.05) is 125 Å². The van der Waals surface area contributed by atoms with Crippen LogP contribution in [0, 0.1) is 72.1 Å². The van der Waals surface area contributed by atoms with Crippen molar-refractivity contribution in [2.24, 2.45) is 17.3 Å². The van der Waals surface area contributed by atoms with E-state index in [2.05, 4.69) is 97.7 Å².